The molecule has 0 aliphatic carbocycles. The number of nitrogens with zero attached hydrogens (tertiary/aromatic N) is 1. The topological polar surface area (TPSA) is 105 Å². The molecule has 0 aromatic carbocycles. The number of rotatable bonds is 6. The van der Waals surface area contributed by atoms with Crippen LogP contribution in [-0.4, -0.2) is 33.3 Å². The fourth-order valence-corrected chi connectivity index (χ4v) is 2.16. The highest BCUT2D eigenvalue weighted by Gasteiger charge is 2.10. The van der Waals surface area contributed by atoms with E-state index in [9.17, 15) is 16.8 Å². The van der Waals surface area contributed by atoms with Crippen LogP contribution in [0.1, 0.15) is 13.8 Å². The SMILES string of the molecule is CCS(=O)(=O)Nc1cccc(NS(=O)(=O)CC)n1. The first kappa shape index (κ1) is 14.7. The van der Waals surface area contributed by atoms with E-state index in [0.717, 1.165) is 0 Å². The van der Waals surface area contributed by atoms with Crippen molar-refractivity contribution < 1.29 is 16.8 Å². The molecule has 1 aromatic heterocycles. The molecule has 0 aliphatic heterocycles. The highest BCUT2D eigenvalue weighted by molar-refractivity contribution is 7.92. The van der Waals surface area contributed by atoms with Gasteiger partial charge in [0, 0.05) is 0 Å². The van der Waals surface area contributed by atoms with Gasteiger partial charge in [-0.15, -0.1) is 0 Å². The molecule has 7 nitrogen and oxygen atoms in total. The number of aromatic nitrogens is 1. The highest BCUT2D eigenvalue weighted by Crippen LogP contribution is 2.12. The van der Waals surface area contributed by atoms with Crippen molar-refractivity contribution >= 4 is 31.7 Å². The Bertz CT molecular complexity index is 559. The summed E-state index contributed by atoms with van der Waals surface area (Å²) in [6, 6.07) is 4.39. The maximum atomic E-state index is 11.3. The van der Waals surface area contributed by atoms with Crippen LogP contribution in [0.15, 0.2) is 18.2 Å². The number of sulfonamides is 2. The summed E-state index contributed by atoms with van der Waals surface area (Å²) < 4.78 is 49.8. The molecule has 18 heavy (non-hydrogen) atoms. The summed E-state index contributed by atoms with van der Waals surface area (Å²) in [6.07, 6.45) is 0. The standard InChI is InChI=1S/C9H15N3O4S2/c1-3-17(13,14)11-8-6-5-7-9(10-8)12-18(15,16)4-2/h5-7H,3-4H2,1-2H3,(H2,10,11,12). The molecule has 0 saturated carbocycles. The van der Waals surface area contributed by atoms with Crippen molar-refractivity contribution in [1.82, 2.24) is 4.98 Å². The fraction of sp³-hybridized carbons (Fsp3) is 0.444. The van der Waals surface area contributed by atoms with Crippen LogP contribution in [0.4, 0.5) is 11.6 Å². The molecule has 0 atom stereocenters. The Kier molecular flexibility index (Phi) is 4.52. The van der Waals surface area contributed by atoms with E-state index in [4.69, 9.17) is 0 Å². The molecule has 0 saturated heterocycles. The predicted molar refractivity (Wildman–Crippen MR) is 70.4 cm³/mol. The lowest BCUT2D eigenvalue weighted by molar-refractivity contribution is 0.601. The van der Waals surface area contributed by atoms with Crippen LogP contribution in [-0.2, 0) is 20.0 Å². The molecular weight excluding hydrogens is 278 g/mol. The van der Waals surface area contributed by atoms with E-state index in [2.05, 4.69) is 14.4 Å². The van der Waals surface area contributed by atoms with E-state index in [1.807, 2.05) is 0 Å². The van der Waals surface area contributed by atoms with Crippen LogP contribution < -0.4 is 9.44 Å². The van der Waals surface area contributed by atoms with Gasteiger partial charge in [-0.25, -0.2) is 21.8 Å². The molecule has 0 bridgehead atoms. The summed E-state index contributed by atoms with van der Waals surface area (Å²) in [7, 11) is -6.86. The maximum absolute atomic E-state index is 11.3. The predicted octanol–water partition coefficient (Wildman–Crippen LogP) is 0.605. The second-order valence-electron chi connectivity index (χ2n) is 3.42. The molecule has 1 aromatic rings. The van der Waals surface area contributed by atoms with E-state index in [-0.39, 0.29) is 23.1 Å². The summed E-state index contributed by atoms with van der Waals surface area (Å²) in [5.41, 5.74) is 0. The quantitative estimate of drug-likeness (QED) is 0.799. The van der Waals surface area contributed by atoms with Crippen molar-refractivity contribution in [3.63, 3.8) is 0 Å². The van der Waals surface area contributed by atoms with E-state index in [1.54, 1.807) is 0 Å². The van der Waals surface area contributed by atoms with Gasteiger partial charge in [0.2, 0.25) is 20.0 Å². The lowest BCUT2D eigenvalue weighted by Gasteiger charge is -2.08. The molecule has 1 rings (SSSR count). The monoisotopic (exact) mass is 293 g/mol. The molecule has 0 spiro atoms. The molecule has 102 valence electrons. The Hall–Kier alpha value is -1.35. The third kappa shape index (κ3) is 4.49. The number of hydrogen-bond donors (Lipinski definition) is 2. The van der Waals surface area contributed by atoms with Gasteiger partial charge in [-0.2, -0.15) is 0 Å². The molecule has 9 heteroatoms. The number of anilines is 2. The Morgan fingerprint density at radius 1 is 0.944 bits per heavy atom. The van der Waals surface area contributed by atoms with Crippen molar-refractivity contribution in [2.24, 2.45) is 0 Å². The van der Waals surface area contributed by atoms with Crippen molar-refractivity contribution in [3.05, 3.63) is 18.2 Å². The first-order valence-corrected chi connectivity index (χ1v) is 8.56. The Morgan fingerprint density at radius 2 is 1.33 bits per heavy atom. The van der Waals surface area contributed by atoms with Crippen LogP contribution in [0.2, 0.25) is 0 Å². The zero-order chi connectivity index (χ0) is 13.8. The van der Waals surface area contributed by atoms with Gasteiger partial charge in [-0.1, -0.05) is 6.07 Å². The van der Waals surface area contributed by atoms with Gasteiger partial charge in [-0.05, 0) is 26.0 Å². The smallest absolute Gasteiger partial charge is 0.233 e. The molecule has 0 aliphatic rings. The zero-order valence-corrected chi connectivity index (χ0v) is 11.7. The van der Waals surface area contributed by atoms with E-state index >= 15 is 0 Å². The van der Waals surface area contributed by atoms with Crippen molar-refractivity contribution in [1.29, 1.82) is 0 Å². The second-order valence-corrected chi connectivity index (χ2v) is 7.44. The second kappa shape index (κ2) is 5.53. The number of pyridine rings is 1. The fourth-order valence-electron chi connectivity index (χ4n) is 1.01. The van der Waals surface area contributed by atoms with Crippen LogP contribution >= 0.6 is 0 Å². The molecule has 0 amide bonds. The van der Waals surface area contributed by atoms with Crippen LogP contribution in [0.5, 0.6) is 0 Å². The first-order chi connectivity index (χ1) is 8.28. The van der Waals surface area contributed by atoms with Gasteiger partial charge in [0.05, 0.1) is 11.5 Å². The lowest BCUT2D eigenvalue weighted by Crippen LogP contribution is -2.18. The minimum atomic E-state index is -3.43. The van der Waals surface area contributed by atoms with Gasteiger partial charge in [0.15, 0.2) is 0 Å². The normalized spacial score (nSPS) is 12.1. The van der Waals surface area contributed by atoms with E-state index in [0.29, 0.717) is 0 Å². The summed E-state index contributed by atoms with van der Waals surface area (Å²) in [5.74, 6) is -0.0135. The average Bonchev–Trinajstić information content (AvgIpc) is 2.28. The minimum Gasteiger partial charge on any atom is -0.267 e. The largest absolute Gasteiger partial charge is 0.267 e. The van der Waals surface area contributed by atoms with E-state index in [1.165, 1.54) is 32.0 Å². The molecular formula is C9H15N3O4S2. The van der Waals surface area contributed by atoms with Gasteiger partial charge in [-0.3, -0.25) is 9.44 Å². The van der Waals surface area contributed by atoms with Crippen molar-refractivity contribution in [3.8, 4) is 0 Å². The molecule has 0 unspecified atom stereocenters. The zero-order valence-electron chi connectivity index (χ0n) is 10.0. The molecule has 0 radical (unpaired) electrons. The van der Waals surface area contributed by atoms with Crippen molar-refractivity contribution in [2.45, 2.75) is 13.8 Å². The van der Waals surface area contributed by atoms with Crippen LogP contribution in [0.3, 0.4) is 0 Å². The Morgan fingerprint density at radius 3 is 1.67 bits per heavy atom. The highest BCUT2D eigenvalue weighted by atomic mass is 32.2. The Labute approximate surface area is 107 Å². The summed E-state index contributed by atoms with van der Waals surface area (Å²) in [5, 5.41) is 0. The van der Waals surface area contributed by atoms with Gasteiger partial charge in [0.1, 0.15) is 11.6 Å². The number of hydrogen-bond acceptors (Lipinski definition) is 5. The van der Waals surface area contributed by atoms with Crippen molar-refractivity contribution in [2.75, 3.05) is 20.9 Å². The molecule has 1 heterocycles. The molecule has 2 N–H and O–H groups in total. The third-order valence-corrected chi connectivity index (χ3v) is 4.59. The summed E-state index contributed by atoms with van der Waals surface area (Å²) >= 11 is 0. The number of nitrogens with one attached hydrogen (secondary N) is 2. The van der Waals surface area contributed by atoms with Crippen LogP contribution in [0.25, 0.3) is 0 Å². The average molecular weight is 293 g/mol. The minimum absolute atomic E-state index is 0.0770. The first-order valence-electron chi connectivity index (χ1n) is 5.26. The lowest BCUT2D eigenvalue weighted by atomic mass is 10.4. The maximum Gasteiger partial charge on any atom is 0.233 e. The summed E-state index contributed by atoms with van der Waals surface area (Å²) in [4.78, 5) is 3.86. The van der Waals surface area contributed by atoms with Crippen LogP contribution in [0, 0.1) is 0 Å². The summed E-state index contributed by atoms with van der Waals surface area (Å²) in [6.45, 7) is 2.98. The van der Waals surface area contributed by atoms with E-state index < -0.39 is 20.0 Å². The van der Waals surface area contributed by atoms with Gasteiger partial charge >= 0.3 is 0 Å². The molecule has 0 fully saturated rings. The third-order valence-electron chi connectivity index (χ3n) is 2.03. The van der Waals surface area contributed by atoms with Gasteiger partial charge in [0.25, 0.3) is 0 Å². The Balaban J connectivity index is 2.94. The van der Waals surface area contributed by atoms with Gasteiger partial charge < -0.3 is 0 Å².